The highest BCUT2D eigenvalue weighted by atomic mass is 16.1. The van der Waals surface area contributed by atoms with Crippen LogP contribution in [0.15, 0.2) is 0 Å². The Hall–Kier alpha value is -0.900. The topological polar surface area (TPSA) is 79.0 Å². The lowest BCUT2D eigenvalue weighted by Crippen LogP contribution is -2.30. The fourth-order valence-electron chi connectivity index (χ4n) is 0.729. The number of Topliss-reactive ketones (excluding diaryl/α,β-unsaturated/α-hetero) is 1. The molecular weight excluding hydrogens is 157 g/mol. The first-order valence-corrected chi connectivity index (χ1v) is 3.92. The van der Waals surface area contributed by atoms with Crippen molar-refractivity contribution in [3.8, 4) is 0 Å². The third-order valence-electron chi connectivity index (χ3n) is 1.45. The minimum Gasteiger partial charge on any atom is -0.374 e. The van der Waals surface area contributed by atoms with Crippen molar-refractivity contribution >= 4 is 11.6 Å². The van der Waals surface area contributed by atoms with Crippen LogP contribution in [0.1, 0.15) is 26.7 Å². The predicted molar refractivity (Wildman–Crippen MR) is 49.3 cm³/mol. The van der Waals surface area contributed by atoms with E-state index in [9.17, 15) is 4.79 Å². The summed E-state index contributed by atoms with van der Waals surface area (Å²) in [5, 5.41) is 4.17. The maximum absolute atomic E-state index is 11.1. The van der Waals surface area contributed by atoms with Gasteiger partial charge in [-0.05, 0) is 26.7 Å². The van der Waals surface area contributed by atoms with Gasteiger partial charge in [0.1, 0.15) is 8.61 Å². The first-order valence-electron chi connectivity index (χ1n) is 5.71. The third-order valence-corrected chi connectivity index (χ3v) is 1.45. The van der Waals surface area contributed by atoms with Gasteiger partial charge >= 0.3 is 0 Å². The van der Waals surface area contributed by atoms with Crippen LogP contribution >= 0.6 is 0 Å². The minimum absolute atomic E-state index is 0.229. The highest BCUT2D eigenvalue weighted by Crippen LogP contribution is 1.93. The summed E-state index contributed by atoms with van der Waals surface area (Å²) in [5.41, 5.74) is 0.391. The number of carbonyl (C=O) groups excluding carboxylic acids is 1. The Morgan fingerprint density at radius 1 is 1.92 bits per heavy atom. The summed E-state index contributed by atoms with van der Waals surface area (Å²) in [6.07, 6.45) is 0.845. The molecule has 0 aliphatic rings. The number of nitrogens with one attached hydrogen (secondary N) is 2. The number of ketones is 1. The predicted octanol–water partition coefficient (Wildman–Crippen LogP) is 0.270. The maximum Gasteiger partial charge on any atom is 0.189 e. The number of hydrogen-bond acceptors (Lipinski definition) is 3. The quantitative estimate of drug-likeness (QED) is 0.236. The van der Waals surface area contributed by atoms with Crippen LogP contribution in [0.4, 0.5) is 0 Å². The van der Waals surface area contributed by atoms with Gasteiger partial charge in [-0.3, -0.25) is 10.2 Å². The van der Waals surface area contributed by atoms with Crippen molar-refractivity contribution in [2.45, 2.75) is 32.7 Å². The zero-order valence-corrected chi connectivity index (χ0v) is 7.45. The van der Waals surface area contributed by atoms with Crippen molar-refractivity contribution in [3.05, 3.63) is 0 Å². The number of nitrogens with two attached hydrogens (primary N) is 1. The molecule has 4 nitrogen and oxygen atoms in total. The molecule has 0 saturated heterocycles. The Morgan fingerprint density at radius 2 is 2.67 bits per heavy atom. The Labute approximate surface area is 78.9 Å². The van der Waals surface area contributed by atoms with Crippen molar-refractivity contribution in [2.24, 2.45) is 5.72 Å². The van der Waals surface area contributed by atoms with Crippen LogP contribution in [0.2, 0.25) is 5.65 Å². The van der Waals surface area contributed by atoms with E-state index in [0.29, 0.717) is 25.1 Å². The molecule has 0 radical (unpaired) electrons. The molecule has 0 amide bonds. The molecule has 0 spiro atoms. The zero-order valence-electron chi connectivity index (χ0n) is 11.4. The lowest BCUT2D eigenvalue weighted by Gasteiger charge is -2.07. The van der Waals surface area contributed by atoms with E-state index in [1.807, 2.05) is 0 Å². The van der Waals surface area contributed by atoms with Crippen molar-refractivity contribution < 1.29 is 10.4 Å². The SMILES string of the molecule is [2H][15N]=[13C](C)[15N]([2H])CCCC(C(C)=O)N([2H])[2H]. The highest BCUT2D eigenvalue weighted by Gasteiger charge is 2.06. The fraction of sp³-hybridized carbons (Fsp3) is 0.750. The van der Waals surface area contributed by atoms with Gasteiger partial charge in [0.25, 0.3) is 0 Å². The van der Waals surface area contributed by atoms with Crippen molar-refractivity contribution in [2.75, 3.05) is 6.54 Å². The molecule has 4 N–H and O–H groups in total. The van der Waals surface area contributed by atoms with E-state index in [2.05, 4.69) is 5.40 Å². The molecular formula is C8H17N3O. The normalized spacial score (nSPS) is 19.1. The number of amidine groups is 1. The van der Waals surface area contributed by atoms with Crippen LogP contribution in [0.5, 0.6) is 0 Å². The Balaban J connectivity index is 4.00. The third kappa shape index (κ3) is 5.85. The molecule has 0 bridgehead atoms. The molecule has 0 aromatic carbocycles. The summed E-state index contributed by atoms with van der Waals surface area (Å²) >= 11 is 0. The Bertz CT molecular complexity index is 260. The molecule has 0 aromatic heterocycles. The van der Waals surface area contributed by atoms with Gasteiger partial charge in [0.2, 0.25) is 0 Å². The monoisotopic (exact) mass is 178 g/mol. The number of carbonyl (C=O) groups is 1. The van der Waals surface area contributed by atoms with Crippen LogP contribution in [-0.4, -0.2) is 24.2 Å². The summed E-state index contributed by atoms with van der Waals surface area (Å²) in [7, 11) is 0. The zero-order chi connectivity index (χ0) is 12.7. The van der Waals surface area contributed by atoms with Gasteiger partial charge < -0.3 is 11.0 Å². The van der Waals surface area contributed by atoms with Gasteiger partial charge in [-0.2, -0.15) is 0 Å². The lowest BCUT2D eigenvalue weighted by molar-refractivity contribution is -0.118. The largest absolute Gasteiger partial charge is 0.374 e. The first-order chi connectivity index (χ1) is 7.40. The molecule has 0 fully saturated rings. The molecule has 0 aliphatic carbocycles. The molecule has 4 heteroatoms. The summed E-state index contributed by atoms with van der Waals surface area (Å²) < 4.78 is 28.2. The number of hydrogen-bond donors (Lipinski definition) is 3. The summed E-state index contributed by atoms with van der Waals surface area (Å²) in [6.45, 7) is 3.21. The molecule has 1 atom stereocenters. The highest BCUT2D eigenvalue weighted by molar-refractivity contribution is 5.81. The first kappa shape index (κ1) is 5.70. The average Bonchev–Trinajstić information content (AvgIpc) is 2.21. The van der Waals surface area contributed by atoms with Crippen LogP contribution in [0.3, 0.4) is 0 Å². The van der Waals surface area contributed by atoms with Gasteiger partial charge in [-0.1, -0.05) is 0 Å². The van der Waals surface area contributed by atoms with Gasteiger partial charge in [0.15, 0.2) is 2.82 Å². The summed E-state index contributed by atoms with van der Waals surface area (Å²) in [6, 6.07) is -0.748. The van der Waals surface area contributed by atoms with E-state index in [4.69, 9.17) is 5.65 Å². The molecule has 0 saturated carbocycles. The van der Waals surface area contributed by atoms with E-state index < -0.39 is 6.04 Å². The molecule has 12 heavy (non-hydrogen) atoms. The Morgan fingerprint density at radius 3 is 3.17 bits per heavy atom. The molecule has 1 unspecified atom stereocenters. The van der Waals surface area contributed by atoms with Crippen LogP contribution in [-0.2, 0) is 4.79 Å². The van der Waals surface area contributed by atoms with Crippen LogP contribution < -0.4 is 11.0 Å². The summed E-state index contributed by atoms with van der Waals surface area (Å²) in [5.74, 6) is 0.0420. The smallest absolute Gasteiger partial charge is 0.189 e. The molecule has 0 aromatic rings. The standard InChI is InChI=1S/C8H17N3O/c1-6(12)8(10)4-3-5-11-7(2)9/h8H,3-5,10H2,1-2H3,(H2,9,11)/i7+1,9+1,11+1/hD4. The molecule has 0 heterocycles. The van der Waals surface area contributed by atoms with Crippen LogP contribution in [0.25, 0.3) is 0 Å². The van der Waals surface area contributed by atoms with E-state index in [0.717, 1.165) is 5.31 Å². The minimum atomic E-state index is -0.748. The van der Waals surface area contributed by atoms with E-state index in [-0.39, 0.29) is 11.6 Å². The lowest BCUT2D eigenvalue weighted by atomic mass is 10.1. The second-order valence-electron chi connectivity index (χ2n) is 2.70. The van der Waals surface area contributed by atoms with Crippen molar-refractivity contribution in [3.63, 3.8) is 0 Å². The van der Waals surface area contributed by atoms with Gasteiger partial charge in [0, 0.05) is 6.54 Å². The van der Waals surface area contributed by atoms with Gasteiger partial charge in [0.05, 0.1) is 11.9 Å². The Kier molecular flexibility index (Phi) is 2.71. The average molecular weight is 178 g/mol. The van der Waals surface area contributed by atoms with Crippen molar-refractivity contribution in [1.29, 1.82) is 5.40 Å². The fourth-order valence-corrected chi connectivity index (χ4v) is 0.729. The maximum atomic E-state index is 11.1. The second kappa shape index (κ2) is 5.71. The van der Waals surface area contributed by atoms with Crippen molar-refractivity contribution in [1.82, 2.24) is 5.31 Å². The van der Waals surface area contributed by atoms with Gasteiger partial charge in [-0.25, -0.2) is 0 Å². The van der Waals surface area contributed by atoms with E-state index in [1.165, 1.54) is 6.92 Å². The van der Waals surface area contributed by atoms with E-state index >= 15 is 0 Å². The van der Waals surface area contributed by atoms with Gasteiger partial charge in [-0.15, -0.1) is 0 Å². The molecule has 70 valence electrons. The van der Waals surface area contributed by atoms with Crippen LogP contribution in [0, 0.1) is 5.40 Å². The van der Waals surface area contributed by atoms with E-state index in [1.54, 1.807) is 6.92 Å². The molecule has 0 rings (SSSR count). The molecule has 0 aliphatic heterocycles. The number of rotatable bonds is 6. The second-order valence-corrected chi connectivity index (χ2v) is 2.70. The summed E-state index contributed by atoms with van der Waals surface area (Å²) in [4.78, 5) is 11.1.